The molecule has 7 nitrogen and oxygen atoms in total. The number of amides is 3. The lowest BCUT2D eigenvalue weighted by molar-refractivity contribution is -0.137. The molecule has 0 aromatic carbocycles. The van der Waals surface area contributed by atoms with Crippen molar-refractivity contribution in [1.82, 2.24) is 14.7 Å². The number of carbonyl (C=O) groups is 3. The van der Waals surface area contributed by atoms with Crippen LogP contribution in [-0.2, 0) is 9.59 Å². The van der Waals surface area contributed by atoms with Gasteiger partial charge in [0.1, 0.15) is 6.04 Å². The van der Waals surface area contributed by atoms with Gasteiger partial charge in [0.2, 0.25) is 5.91 Å². The third kappa shape index (κ3) is 3.52. The highest BCUT2D eigenvalue weighted by Crippen LogP contribution is 2.31. The average molecular weight is 350 g/mol. The van der Waals surface area contributed by atoms with Gasteiger partial charge in [-0.05, 0) is 38.0 Å². The summed E-state index contributed by atoms with van der Waals surface area (Å²) in [7, 11) is 0. The molecule has 3 atom stereocenters. The fourth-order valence-corrected chi connectivity index (χ4v) is 4.41. The van der Waals surface area contributed by atoms with Crippen LogP contribution in [0.15, 0.2) is 0 Å². The molecule has 3 aliphatic rings. The van der Waals surface area contributed by atoms with E-state index in [-0.39, 0.29) is 30.3 Å². The van der Waals surface area contributed by atoms with Gasteiger partial charge in [-0.2, -0.15) is 0 Å². The number of hydrogen-bond acceptors (Lipinski definition) is 4. The van der Waals surface area contributed by atoms with Crippen LogP contribution in [0.4, 0.5) is 4.79 Å². The fraction of sp³-hybridized carbons (Fsp3) is 0.833. The van der Waals surface area contributed by atoms with Gasteiger partial charge < -0.3 is 20.4 Å². The van der Waals surface area contributed by atoms with Gasteiger partial charge in [0, 0.05) is 19.6 Å². The van der Waals surface area contributed by atoms with E-state index in [4.69, 9.17) is 5.73 Å². The summed E-state index contributed by atoms with van der Waals surface area (Å²) in [5.74, 6) is 0.147. The van der Waals surface area contributed by atoms with Crippen LogP contribution < -0.4 is 5.73 Å². The molecule has 2 N–H and O–H groups in total. The van der Waals surface area contributed by atoms with E-state index in [0.717, 1.165) is 32.4 Å². The van der Waals surface area contributed by atoms with Gasteiger partial charge >= 0.3 is 6.03 Å². The van der Waals surface area contributed by atoms with E-state index in [0.29, 0.717) is 25.3 Å². The van der Waals surface area contributed by atoms with Crippen molar-refractivity contribution in [3.8, 4) is 0 Å². The van der Waals surface area contributed by atoms with Gasteiger partial charge in [-0.3, -0.25) is 9.59 Å². The highest BCUT2D eigenvalue weighted by molar-refractivity contribution is 5.98. The summed E-state index contributed by atoms with van der Waals surface area (Å²) in [6.45, 7) is 6.22. The molecular weight excluding hydrogens is 320 g/mol. The maximum Gasteiger partial charge on any atom is 0.320 e. The highest BCUT2D eigenvalue weighted by atomic mass is 16.2. The summed E-state index contributed by atoms with van der Waals surface area (Å²) < 4.78 is 0. The zero-order chi connectivity index (χ0) is 18.1. The fourth-order valence-electron chi connectivity index (χ4n) is 4.41. The van der Waals surface area contributed by atoms with Crippen molar-refractivity contribution in [2.45, 2.75) is 64.1 Å². The molecule has 0 radical (unpaired) electrons. The molecule has 0 bridgehead atoms. The summed E-state index contributed by atoms with van der Waals surface area (Å²) in [5.41, 5.74) is 6.05. The molecular formula is C18H30N4O3. The molecule has 3 fully saturated rings. The Morgan fingerprint density at radius 1 is 1.12 bits per heavy atom. The molecule has 0 saturated carbocycles. The first kappa shape index (κ1) is 18.2. The molecule has 3 amide bonds. The van der Waals surface area contributed by atoms with Crippen molar-refractivity contribution >= 4 is 17.7 Å². The lowest BCUT2D eigenvalue weighted by Gasteiger charge is -2.33. The zero-order valence-electron chi connectivity index (χ0n) is 15.3. The van der Waals surface area contributed by atoms with Gasteiger partial charge in [-0.15, -0.1) is 0 Å². The molecule has 3 aliphatic heterocycles. The number of fused-ring (bicyclic) bond motifs is 1. The van der Waals surface area contributed by atoms with Crippen LogP contribution in [0.5, 0.6) is 0 Å². The van der Waals surface area contributed by atoms with Gasteiger partial charge in [0.05, 0.1) is 18.6 Å². The second-order valence-corrected chi connectivity index (χ2v) is 7.99. The Hall–Kier alpha value is -1.63. The van der Waals surface area contributed by atoms with Crippen molar-refractivity contribution in [3.05, 3.63) is 0 Å². The van der Waals surface area contributed by atoms with Crippen LogP contribution in [0, 0.1) is 5.92 Å². The minimum Gasteiger partial charge on any atom is -0.329 e. The summed E-state index contributed by atoms with van der Waals surface area (Å²) in [5, 5.41) is 0. The van der Waals surface area contributed by atoms with Crippen molar-refractivity contribution < 1.29 is 14.4 Å². The monoisotopic (exact) mass is 350 g/mol. The standard InChI is InChI=1S/C18H30N4O3/c1-12(2)10-13(19)17(24)21-9-6-14-16(21)15(23)11-22(14)18(25)20-7-4-3-5-8-20/h12-14,16H,3-11,19H2,1-2H3. The van der Waals surface area contributed by atoms with Crippen LogP contribution in [0.25, 0.3) is 0 Å². The lowest BCUT2D eigenvalue weighted by atomic mass is 10.0. The molecule has 0 aliphatic carbocycles. The number of piperidine rings is 1. The van der Waals surface area contributed by atoms with E-state index in [1.807, 2.05) is 18.7 Å². The lowest BCUT2D eigenvalue weighted by Crippen LogP contribution is -2.51. The topological polar surface area (TPSA) is 87.0 Å². The molecule has 3 unspecified atom stereocenters. The Labute approximate surface area is 149 Å². The second kappa shape index (κ2) is 7.32. The minimum absolute atomic E-state index is 0.0297. The van der Waals surface area contributed by atoms with Crippen LogP contribution in [0.3, 0.4) is 0 Å². The summed E-state index contributed by atoms with van der Waals surface area (Å²) >= 11 is 0. The maximum absolute atomic E-state index is 12.8. The molecule has 25 heavy (non-hydrogen) atoms. The molecule has 3 rings (SSSR count). The predicted molar refractivity (Wildman–Crippen MR) is 93.9 cm³/mol. The summed E-state index contributed by atoms with van der Waals surface area (Å²) in [4.78, 5) is 43.2. The van der Waals surface area contributed by atoms with E-state index in [1.165, 1.54) is 0 Å². The molecule has 0 spiro atoms. The van der Waals surface area contributed by atoms with E-state index in [1.54, 1.807) is 9.80 Å². The Kier molecular flexibility index (Phi) is 5.32. The maximum atomic E-state index is 12.8. The smallest absolute Gasteiger partial charge is 0.320 e. The number of Topliss-reactive ketones (excluding diaryl/α,β-unsaturated/α-hetero) is 1. The number of nitrogens with zero attached hydrogens (tertiary/aromatic N) is 3. The molecule has 140 valence electrons. The zero-order valence-corrected chi connectivity index (χ0v) is 15.3. The molecule has 3 heterocycles. The molecule has 7 heteroatoms. The van der Waals surface area contributed by atoms with Crippen molar-refractivity contribution in [2.24, 2.45) is 11.7 Å². The number of nitrogens with two attached hydrogens (primary N) is 1. The molecule has 0 aromatic heterocycles. The number of hydrogen-bond donors (Lipinski definition) is 1. The van der Waals surface area contributed by atoms with Gasteiger partial charge in [0.15, 0.2) is 5.78 Å². The quantitative estimate of drug-likeness (QED) is 0.816. The Bertz CT molecular complexity index is 544. The Morgan fingerprint density at radius 2 is 1.80 bits per heavy atom. The number of urea groups is 1. The van der Waals surface area contributed by atoms with Crippen molar-refractivity contribution in [3.63, 3.8) is 0 Å². The van der Waals surface area contributed by atoms with E-state index in [9.17, 15) is 14.4 Å². The summed E-state index contributed by atoms with van der Waals surface area (Å²) in [6, 6.07) is -1.30. The first-order valence-corrected chi connectivity index (χ1v) is 9.54. The molecule has 3 saturated heterocycles. The first-order chi connectivity index (χ1) is 11.9. The van der Waals surface area contributed by atoms with E-state index < -0.39 is 12.1 Å². The van der Waals surface area contributed by atoms with Gasteiger partial charge in [-0.1, -0.05) is 13.8 Å². The second-order valence-electron chi connectivity index (χ2n) is 7.99. The first-order valence-electron chi connectivity index (χ1n) is 9.54. The normalized spacial score (nSPS) is 27.8. The van der Waals surface area contributed by atoms with E-state index >= 15 is 0 Å². The minimum atomic E-state index is -0.571. The predicted octanol–water partition coefficient (Wildman–Crippen LogP) is 0.820. The van der Waals surface area contributed by atoms with Crippen LogP contribution in [0.2, 0.25) is 0 Å². The number of ketones is 1. The van der Waals surface area contributed by atoms with Crippen LogP contribution >= 0.6 is 0 Å². The average Bonchev–Trinajstić information content (AvgIpc) is 3.15. The van der Waals surface area contributed by atoms with E-state index in [2.05, 4.69) is 0 Å². The highest BCUT2D eigenvalue weighted by Gasteiger charge is 2.52. The van der Waals surface area contributed by atoms with Crippen molar-refractivity contribution in [1.29, 1.82) is 0 Å². The Morgan fingerprint density at radius 3 is 2.44 bits per heavy atom. The summed E-state index contributed by atoms with van der Waals surface area (Å²) in [6.07, 6.45) is 4.48. The van der Waals surface area contributed by atoms with Crippen LogP contribution in [-0.4, -0.2) is 76.7 Å². The number of likely N-dealkylation sites (tertiary alicyclic amines) is 3. The Balaban J connectivity index is 1.69. The number of rotatable bonds is 3. The SMILES string of the molecule is CC(C)CC(N)C(=O)N1CCC2C1C(=O)CN2C(=O)N1CCCCC1. The third-order valence-corrected chi connectivity index (χ3v) is 5.62. The number of carbonyl (C=O) groups excluding carboxylic acids is 3. The van der Waals surface area contributed by atoms with Gasteiger partial charge in [-0.25, -0.2) is 4.79 Å². The largest absolute Gasteiger partial charge is 0.329 e. The molecule has 0 aromatic rings. The van der Waals surface area contributed by atoms with Crippen molar-refractivity contribution in [2.75, 3.05) is 26.2 Å². The van der Waals surface area contributed by atoms with Crippen LogP contribution in [0.1, 0.15) is 46.0 Å². The third-order valence-electron chi connectivity index (χ3n) is 5.62. The van der Waals surface area contributed by atoms with Gasteiger partial charge in [0.25, 0.3) is 0 Å².